The summed E-state index contributed by atoms with van der Waals surface area (Å²) in [6.45, 7) is 3.76. The van der Waals surface area contributed by atoms with Crippen LogP contribution in [-0.2, 0) is 9.59 Å². The Kier molecular flexibility index (Phi) is 3.06. The topological polar surface area (TPSA) is 58.2 Å². The highest BCUT2D eigenvalue weighted by atomic mass is 16.2. The van der Waals surface area contributed by atoms with E-state index in [9.17, 15) is 9.59 Å². The largest absolute Gasteiger partial charge is 0.349 e. The van der Waals surface area contributed by atoms with E-state index in [1.807, 2.05) is 13.8 Å². The number of hydrogen-bond donors (Lipinski definition) is 2. The zero-order valence-corrected chi connectivity index (χ0v) is 7.89. The van der Waals surface area contributed by atoms with Crippen molar-refractivity contribution in [2.24, 2.45) is 0 Å². The summed E-state index contributed by atoms with van der Waals surface area (Å²) in [7, 11) is 0. The molecule has 1 aliphatic rings. The van der Waals surface area contributed by atoms with Crippen molar-refractivity contribution < 1.29 is 9.59 Å². The van der Waals surface area contributed by atoms with Gasteiger partial charge in [0.25, 0.3) is 5.91 Å². The molecule has 0 aromatic heterocycles. The molecule has 0 aliphatic carbocycles. The van der Waals surface area contributed by atoms with Crippen LogP contribution in [0.2, 0.25) is 0 Å². The fourth-order valence-corrected chi connectivity index (χ4v) is 1.10. The molecule has 0 unspecified atom stereocenters. The molecule has 0 saturated carbocycles. The number of amides is 2. The highest BCUT2D eigenvalue weighted by Crippen LogP contribution is 2.04. The van der Waals surface area contributed by atoms with Crippen LogP contribution < -0.4 is 10.6 Å². The molecule has 0 aromatic carbocycles. The van der Waals surface area contributed by atoms with Crippen molar-refractivity contribution in [3.8, 4) is 0 Å². The lowest BCUT2D eigenvalue weighted by molar-refractivity contribution is -0.124. The minimum Gasteiger partial charge on any atom is -0.349 e. The lowest BCUT2D eigenvalue weighted by atomic mass is 10.1. The van der Waals surface area contributed by atoms with Crippen LogP contribution in [0.25, 0.3) is 0 Å². The van der Waals surface area contributed by atoms with Gasteiger partial charge in [-0.05, 0) is 20.3 Å². The first-order chi connectivity index (χ1) is 6.09. The van der Waals surface area contributed by atoms with E-state index in [1.165, 1.54) is 0 Å². The average Bonchev–Trinajstić information content (AvgIpc) is 2.03. The minimum atomic E-state index is -0.206. The smallest absolute Gasteiger partial charge is 0.267 e. The van der Waals surface area contributed by atoms with E-state index >= 15 is 0 Å². The van der Waals surface area contributed by atoms with Crippen molar-refractivity contribution in [2.75, 3.05) is 0 Å². The third-order valence-corrected chi connectivity index (χ3v) is 1.66. The van der Waals surface area contributed by atoms with Crippen LogP contribution in [0.4, 0.5) is 0 Å². The quantitative estimate of drug-likeness (QED) is 0.645. The van der Waals surface area contributed by atoms with Crippen LogP contribution in [0.5, 0.6) is 0 Å². The Labute approximate surface area is 77.4 Å². The second-order valence-corrected chi connectivity index (χ2v) is 3.33. The monoisotopic (exact) mass is 182 g/mol. The fourth-order valence-electron chi connectivity index (χ4n) is 1.10. The predicted octanol–water partition coefficient (Wildman–Crippen LogP) is 0.305. The molecule has 72 valence electrons. The second kappa shape index (κ2) is 4.07. The van der Waals surface area contributed by atoms with E-state index in [-0.39, 0.29) is 17.9 Å². The van der Waals surface area contributed by atoms with Crippen LogP contribution in [-0.4, -0.2) is 17.9 Å². The van der Waals surface area contributed by atoms with Crippen LogP contribution in [0.3, 0.4) is 0 Å². The summed E-state index contributed by atoms with van der Waals surface area (Å²) in [6.07, 6.45) is 2.87. The molecular formula is C9H14N2O2. The molecular weight excluding hydrogens is 168 g/mol. The zero-order valence-electron chi connectivity index (χ0n) is 7.89. The number of carbonyl (C=O) groups excluding carboxylic acids is 2. The number of carbonyl (C=O) groups is 2. The standard InChI is InChI=1S/C9H14N2O2/c1-6(2)10-9(13)7-4-3-5-8(12)11-7/h4,6H,3,5H2,1-2H3,(H,10,13)(H,11,12). The number of hydrogen-bond acceptors (Lipinski definition) is 2. The maximum absolute atomic E-state index is 11.4. The fraction of sp³-hybridized carbons (Fsp3) is 0.556. The lowest BCUT2D eigenvalue weighted by Gasteiger charge is -2.15. The summed E-state index contributed by atoms with van der Waals surface area (Å²) in [5, 5.41) is 5.24. The van der Waals surface area contributed by atoms with Gasteiger partial charge in [0.05, 0.1) is 0 Å². The van der Waals surface area contributed by atoms with Gasteiger partial charge in [0.1, 0.15) is 5.70 Å². The third kappa shape index (κ3) is 2.89. The summed E-state index contributed by atoms with van der Waals surface area (Å²) in [4.78, 5) is 22.3. The maximum Gasteiger partial charge on any atom is 0.267 e. The van der Waals surface area contributed by atoms with Gasteiger partial charge in [-0.2, -0.15) is 0 Å². The first-order valence-electron chi connectivity index (χ1n) is 4.40. The van der Waals surface area contributed by atoms with Gasteiger partial charge >= 0.3 is 0 Å². The molecule has 2 amide bonds. The lowest BCUT2D eigenvalue weighted by Crippen LogP contribution is -2.39. The van der Waals surface area contributed by atoms with Gasteiger partial charge < -0.3 is 10.6 Å². The summed E-state index contributed by atoms with van der Waals surface area (Å²) in [5.74, 6) is -0.292. The Morgan fingerprint density at radius 3 is 2.85 bits per heavy atom. The summed E-state index contributed by atoms with van der Waals surface area (Å²) in [6, 6.07) is 0.0900. The molecule has 0 atom stereocenters. The Bertz CT molecular complexity index is 256. The van der Waals surface area contributed by atoms with Crippen molar-refractivity contribution in [1.29, 1.82) is 0 Å². The number of rotatable bonds is 2. The Morgan fingerprint density at radius 2 is 2.31 bits per heavy atom. The molecule has 0 spiro atoms. The maximum atomic E-state index is 11.4. The normalized spacial score (nSPS) is 16.5. The van der Waals surface area contributed by atoms with E-state index in [2.05, 4.69) is 10.6 Å². The van der Waals surface area contributed by atoms with Crippen LogP contribution in [0.1, 0.15) is 26.7 Å². The van der Waals surface area contributed by atoms with E-state index < -0.39 is 0 Å². The first kappa shape index (κ1) is 9.77. The molecule has 0 fully saturated rings. The summed E-state index contributed by atoms with van der Waals surface area (Å²) in [5.41, 5.74) is 0.380. The van der Waals surface area contributed by atoms with Gasteiger partial charge in [-0.15, -0.1) is 0 Å². The van der Waals surface area contributed by atoms with Crippen molar-refractivity contribution in [3.63, 3.8) is 0 Å². The van der Waals surface area contributed by atoms with E-state index in [0.29, 0.717) is 18.5 Å². The molecule has 1 rings (SSSR count). The Hall–Kier alpha value is -1.32. The van der Waals surface area contributed by atoms with Crippen LogP contribution in [0.15, 0.2) is 11.8 Å². The highest BCUT2D eigenvalue weighted by Gasteiger charge is 2.16. The molecule has 13 heavy (non-hydrogen) atoms. The molecule has 0 saturated heterocycles. The zero-order chi connectivity index (χ0) is 9.84. The third-order valence-electron chi connectivity index (χ3n) is 1.66. The molecule has 4 heteroatoms. The molecule has 1 aliphatic heterocycles. The molecule has 1 heterocycles. The average molecular weight is 182 g/mol. The molecule has 2 N–H and O–H groups in total. The molecule has 0 bridgehead atoms. The second-order valence-electron chi connectivity index (χ2n) is 3.33. The van der Waals surface area contributed by atoms with Crippen molar-refractivity contribution >= 4 is 11.8 Å². The van der Waals surface area contributed by atoms with E-state index in [1.54, 1.807) is 6.08 Å². The van der Waals surface area contributed by atoms with E-state index in [0.717, 1.165) is 0 Å². The summed E-state index contributed by atoms with van der Waals surface area (Å²) >= 11 is 0. The van der Waals surface area contributed by atoms with Gasteiger partial charge in [0.2, 0.25) is 5.91 Å². The highest BCUT2D eigenvalue weighted by molar-refractivity contribution is 5.98. The van der Waals surface area contributed by atoms with Crippen molar-refractivity contribution in [1.82, 2.24) is 10.6 Å². The Morgan fingerprint density at radius 1 is 1.62 bits per heavy atom. The molecule has 4 nitrogen and oxygen atoms in total. The van der Waals surface area contributed by atoms with Crippen molar-refractivity contribution in [2.45, 2.75) is 32.7 Å². The predicted molar refractivity (Wildman–Crippen MR) is 48.7 cm³/mol. The number of allylic oxidation sites excluding steroid dienone is 1. The minimum absolute atomic E-state index is 0.0867. The van der Waals surface area contributed by atoms with Gasteiger partial charge in [-0.25, -0.2) is 0 Å². The Balaban J connectivity index is 2.56. The molecule has 0 radical (unpaired) electrons. The number of nitrogens with one attached hydrogen (secondary N) is 2. The van der Waals surface area contributed by atoms with Crippen LogP contribution in [0, 0.1) is 0 Å². The van der Waals surface area contributed by atoms with E-state index in [4.69, 9.17) is 0 Å². The van der Waals surface area contributed by atoms with Crippen LogP contribution >= 0.6 is 0 Å². The molecule has 0 aromatic rings. The van der Waals surface area contributed by atoms with Gasteiger partial charge in [0, 0.05) is 12.5 Å². The summed E-state index contributed by atoms with van der Waals surface area (Å²) < 4.78 is 0. The van der Waals surface area contributed by atoms with Gasteiger partial charge in [-0.3, -0.25) is 9.59 Å². The SMILES string of the molecule is CC(C)NC(=O)C1=CCCC(=O)N1. The van der Waals surface area contributed by atoms with Crippen molar-refractivity contribution in [3.05, 3.63) is 11.8 Å². The first-order valence-corrected chi connectivity index (χ1v) is 4.40. The van der Waals surface area contributed by atoms with Gasteiger partial charge in [0.15, 0.2) is 0 Å². The van der Waals surface area contributed by atoms with Gasteiger partial charge in [-0.1, -0.05) is 6.08 Å².